The highest BCUT2D eigenvalue weighted by atomic mass is 32.2. The third-order valence-electron chi connectivity index (χ3n) is 1.58. The van der Waals surface area contributed by atoms with E-state index in [2.05, 4.69) is 16.9 Å². The number of aromatic nitrogens is 2. The molecule has 1 heterocycles. The number of carboxylic acid groups (broad SMARTS) is 1. The van der Waals surface area contributed by atoms with Crippen LogP contribution in [0.15, 0.2) is 17.4 Å². The van der Waals surface area contributed by atoms with Gasteiger partial charge in [-0.05, 0) is 12.5 Å². The molecular weight excluding hydrogens is 200 g/mol. The van der Waals surface area contributed by atoms with Gasteiger partial charge in [-0.1, -0.05) is 25.1 Å². The molecule has 14 heavy (non-hydrogen) atoms. The summed E-state index contributed by atoms with van der Waals surface area (Å²) in [4.78, 5) is 18.5. The number of thioether (sulfide) groups is 1. The fourth-order valence-corrected chi connectivity index (χ4v) is 1.75. The Morgan fingerprint density at radius 2 is 2.43 bits per heavy atom. The van der Waals surface area contributed by atoms with E-state index in [-0.39, 0.29) is 5.69 Å². The Labute approximate surface area is 86.8 Å². The normalized spacial score (nSPS) is 10.1. The Hall–Kier alpha value is -1.10. The smallest absolute Gasteiger partial charge is 0.354 e. The Morgan fingerprint density at radius 1 is 1.64 bits per heavy atom. The molecule has 0 bridgehead atoms. The first-order valence-electron chi connectivity index (χ1n) is 4.43. The Kier molecular flexibility index (Phi) is 4.39. The summed E-state index contributed by atoms with van der Waals surface area (Å²) in [7, 11) is 0. The van der Waals surface area contributed by atoms with Crippen molar-refractivity contribution in [2.45, 2.75) is 24.9 Å². The highest BCUT2D eigenvalue weighted by Gasteiger charge is 2.05. The molecular formula is C9H12N2O2S. The van der Waals surface area contributed by atoms with Gasteiger partial charge in [0.2, 0.25) is 0 Å². The van der Waals surface area contributed by atoms with Crippen LogP contribution in [0.5, 0.6) is 0 Å². The van der Waals surface area contributed by atoms with Crippen LogP contribution in [0.3, 0.4) is 0 Å². The molecule has 0 fully saturated rings. The minimum atomic E-state index is -1.01. The van der Waals surface area contributed by atoms with Crippen molar-refractivity contribution in [1.29, 1.82) is 0 Å². The van der Waals surface area contributed by atoms with E-state index in [1.54, 1.807) is 0 Å². The summed E-state index contributed by atoms with van der Waals surface area (Å²) >= 11 is 1.49. The summed E-state index contributed by atoms with van der Waals surface area (Å²) < 4.78 is 0. The molecule has 0 aliphatic carbocycles. The molecule has 0 aromatic carbocycles. The molecule has 0 atom stereocenters. The van der Waals surface area contributed by atoms with Crippen LogP contribution in [-0.4, -0.2) is 26.8 Å². The van der Waals surface area contributed by atoms with Crippen molar-refractivity contribution in [1.82, 2.24) is 9.97 Å². The van der Waals surface area contributed by atoms with Crippen molar-refractivity contribution in [2.24, 2.45) is 0 Å². The van der Waals surface area contributed by atoms with Crippen LogP contribution in [0.4, 0.5) is 0 Å². The second-order valence-corrected chi connectivity index (χ2v) is 3.79. The van der Waals surface area contributed by atoms with Crippen molar-refractivity contribution >= 4 is 17.7 Å². The lowest BCUT2D eigenvalue weighted by molar-refractivity contribution is 0.0689. The van der Waals surface area contributed by atoms with Gasteiger partial charge in [-0.2, -0.15) is 0 Å². The number of nitrogens with zero attached hydrogens (tertiary/aromatic N) is 2. The fraction of sp³-hybridized carbons (Fsp3) is 0.444. The first-order valence-corrected chi connectivity index (χ1v) is 5.41. The topological polar surface area (TPSA) is 63.1 Å². The van der Waals surface area contributed by atoms with Crippen molar-refractivity contribution in [3.8, 4) is 0 Å². The maximum absolute atomic E-state index is 10.6. The van der Waals surface area contributed by atoms with Gasteiger partial charge in [0.05, 0.1) is 0 Å². The average Bonchev–Trinajstić information content (AvgIpc) is 2.19. The maximum atomic E-state index is 10.6. The summed E-state index contributed by atoms with van der Waals surface area (Å²) in [5.74, 6) is -0.0794. The number of carbonyl (C=O) groups is 1. The highest BCUT2D eigenvalue weighted by Crippen LogP contribution is 2.14. The summed E-state index contributed by atoms with van der Waals surface area (Å²) in [5.41, 5.74) is 0.0546. The predicted octanol–water partition coefficient (Wildman–Crippen LogP) is 2.07. The van der Waals surface area contributed by atoms with Crippen LogP contribution in [0.1, 0.15) is 30.3 Å². The number of rotatable bonds is 5. The van der Waals surface area contributed by atoms with Crippen LogP contribution in [-0.2, 0) is 0 Å². The minimum absolute atomic E-state index is 0.0546. The summed E-state index contributed by atoms with van der Waals surface area (Å²) in [5, 5.41) is 9.22. The average molecular weight is 212 g/mol. The van der Waals surface area contributed by atoms with Crippen molar-refractivity contribution in [3.63, 3.8) is 0 Å². The number of hydrogen-bond acceptors (Lipinski definition) is 4. The largest absolute Gasteiger partial charge is 0.477 e. The van der Waals surface area contributed by atoms with Crippen LogP contribution in [0.2, 0.25) is 0 Å². The standard InChI is InChI=1S/C9H12N2O2S/c1-2-3-6-14-9-10-5-4-7(11-9)8(12)13/h4-5H,2-3,6H2,1H3,(H,12,13). The van der Waals surface area contributed by atoms with Crippen molar-refractivity contribution < 1.29 is 9.90 Å². The Morgan fingerprint density at radius 3 is 3.07 bits per heavy atom. The molecule has 0 amide bonds. The first-order chi connectivity index (χ1) is 6.74. The molecule has 0 radical (unpaired) electrons. The van der Waals surface area contributed by atoms with Gasteiger partial charge in [-0.3, -0.25) is 0 Å². The molecule has 0 spiro atoms. The van der Waals surface area contributed by atoms with Gasteiger partial charge >= 0.3 is 5.97 Å². The fourth-order valence-electron chi connectivity index (χ4n) is 0.837. The number of unbranched alkanes of at least 4 members (excludes halogenated alkanes) is 1. The first kappa shape index (κ1) is 11.0. The van der Waals surface area contributed by atoms with E-state index in [0.717, 1.165) is 18.6 Å². The van der Waals surface area contributed by atoms with Crippen LogP contribution >= 0.6 is 11.8 Å². The summed E-state index contributed by atoms with van der Waals surface area (Å²) in [6.07, 6.45) is 3.68. The van der Waals surface area contributed by atoms with Crippen molar-refractivity contribution in [2.75, 3.05) is 5.75 Å². The van der Waals surface area contributed by atoms with E-state index < -0.39 is 5.97 Å². The van der Waals surface area contributed by atoms with E-state index >= 15 is 0 Å². The zero-order chi connectivity index (χ0) is 10.4. The summed E-state index contributed by atoms with van der Waals surface area (Å²) in [6, 6.07) is 1.40. The van der Waals surface area contributed by atoms with Gasteiger partial charge in [0.1, 0.15) is 0 Å². The summed E-state index contributed by atoms with van der Waals surface area (Å²) in [6.45, 7) is 2.11. The number of hydrogen-bond donors (Lipinski definition) is 1. The number of aromatic carboxylic acids is 1. The van der Waals surface area contributed by atoms with Gasteiger partial charge in [-0.25, -0.2) is 14.8 Å². The van der Waals surface area contributed by atoms with Gasteiger partial charge in [0.15, 0.2) is 10.9 Å². The van der Waals surface area contributed by atoms with E-state index in [0.29, 0.717) is 5.16 Å². The van der Waals surface area contributed by atoms with Crippen LogP contribution in [0.25, 0.3) is 0 Å². The van der Waals surface area contributed by atoms with Gasteiger partial charge in [0.25, 0.3) is 0 Å². The molecule has 76 valence electrons. The molecule has 1 N–H and O–H groups in total. The minimum Gasteiger partial charge on any atom is -0.477 e. The Bertz CT molecular complexity index is 317. The third-order valence-corrected chi connectivity index (χ3v) is 2.53. The van der Waals surface area contributed by atoms with Gasteiger partial charge < -0.3 is 5.11 Å². The lowest BCUT2D eigenvalue weighted by atomic mass is 10.4. The highest BCUT2D eigenvalue weighted by molar-refractivity contribution is 7.99. The molecule has 0 unspecified atom stereocenters. The molecule has 0 saturated heterocycles. The number of carboxylic acids is 1. The van der Waals surface area contributed by atoms with Crippen LogP contribution < -0.4 is 0 Å². The van der Waals surface area contributed by atoms with Gasteiger partial charge in [0, 0.05) is 11.9 Å². The monoisotopic (exact) mass is 212 g/mol. The Balaban J connectivity index is 2.59. The molecule has 0 aliphatic rings. The van der Waals surface area contributed by atoms with Gasteiger partial charge in [-0.15, -0.1) is 0 Å². The van der Waals surface area contributed by atoms with Crippen LogP contribution in [0, 0.1) is 0 Å². The molecule has 1 rings (SSSR count). The second kappa shape index (κ2) is 5.59. The molecule has 4 nitrogen and oxygen atoms in total. The maximum Gasteiger partial charge on any atom is 0.354 e. The molecule has 5 heteroatoms. The van der Waals surface area contributed by atoms with Crippen molar-refractivity contribution in [3.05, 3.63) is 18.0 Å². The van der Waals surface area contributed by atoms with E-state index in [9.17, 15) is 4.79 Å². The second-order valence-electron chi connectivity index (χ2n) is 2.73. The molecule has 1 aromatic rings. The predicted molar refractivity (Wildman–Crippen MR) is 54.6 cm³/mol. The zero-order valence-electron chi connectivity index (χ0n) is 7.93. The van der Waals surface area contributed by atoms with E-state index in [1.165, 1.54) is 24.0 Å². The zero-order valence-corrected chi connectivity index (χ0v) is 8.75. The quantitative estimate of drug-likeness (QED) is 0.460. The van der Waals surface area contributed by atoms with E-state index in [4.69, 9.17) is 5.11 Å². The lowest BCUT2D eigenvalue weighted by Crippen LogP contribution is -2.01. The third kappa shape index (κ3) is 3.33. The van der Waals surface area contributed by atoms with E-state index in [1.807, 2.05) is 0 Å². The molecule has 1 aromatic heterocycles. The lowest BCUT2D eigenvalue weighted by Gasteiger charge is -1.99. The molecule has 0 saturated carbocycles. The molecule has 0 aliphatic heterocycles. The SMILES string of the molecule is CCCCSc1nccc(C(=O)O)n1.